The van der Waals surface area contributed by atoms with E-state index in [1.165, 1.54) is 24.3 Å². The van der Waals surface area contributed by atoms with Crippen molar-refractivity contribution in [3.63, 3.8) is 0 Å². The third kappa shape index (κ3) is 4.50. The number of aromatic nitrogens is 1. The zero-order chi connectivity index (χ0) is 22.0. The number of nitrogens with zero attached hydrogens (tertiary/aromatic N) is 3. The monoisotopic (exact) mass is 421 g/mol. The highest BCUT2D eigenvalue weighted by molar-refractivity contribution is 6.06. The van der Waals surface area contributed by atoms with Crippen LogP contribution in [0.4, 0.5) is 4.39 Å². The van der Waals surface area contributed by atoms with Crippen LogP contribution < -0.4 is 4.74 Å². The number of benzene rings is 2. The SMILES string of the molecule is CN(C)C(=O)c1cc([C@H]2CCN(C(=O)COc3ccc(F)cc3)C2)nc2ccccc12. The van der Waals surface area contributed by atoms with Gasteiger partial charge in [-0.05, 0) is 42.8 Å². The maximum Gasteiger partial charge on any atom is 0.260 e. The van der Waals surface area contributed by atoms with Gasteiger partial charge in [0.2, 0.25) is 0 Å². The van der Waals surface area contributed by atoms with Crippen molar-refractivity contribution < 1.29 is 18.7 Å². The minimum atomic E-state index is -0.351. The van der Waals surface area contributed by atoms with Crippen molar-refractivity contribution >= 4 is 22.7 Å². The van der Waals surface area contributed by atoms with Crippen LogP contribution in [0.2, 0.25) is 0 Å². The van der Waals surface area contributed by atoms with Crippen LogP contribution in [0.3, 0.4) is 0 Å². The molecular weight excluding hydrogens is 397 g/mol. The number of halogens is 1. The Morgan fingerprint density at radius 3 is 2.65 bits per heavy atom. The summed E-state index contributed by atoms with van der Waals surface area (Å²) in [5.41, 5.74) is 2.21. The molecule has 1 aliphatic rings. The lowest BCUT2D eigenvalue weighted by atomic mass is 9.99. The molecule has 1 atom stereocenters. The van der Waals surface area contributed by atoms with Gasteiger partial charge in [-0.2, -0.15) is 0 Å². The maximum absolute atomic E-state index is 13.0. The van der Waals surface area contributed by atoms with E-state index in [0.29, 0.717) is 24.4 Å². The first-order chi connectivity index (χ1) is 14.9. The van der Waals surface area contributed by atoms with E-state index in [-0.39, 0.29) is 30.2 Å². The quantitative estimate of drug-likeness (QED) is 0.633. The van der Waals surface area contributed by atoms with Crippen molar-refractivity contribution in [3.8, 4) is 5.75 Å². The Morgan fingerprint density at radius 2 is 1.90 bits per heavy atom. The Hall–Kier alpha value is -3.48. The zero-order valence-electron chi connectivity index (χ0n) is 17.5. The fourth-order valence-corrected chi connectivity index (χ4v) is 3.82. The lowest BCUT2D eigenvalue weighted by Crippen LogP contribution is -2.33. The predicted molar refractivity (Wildman–Crippen MR) is 116 cm³/mol. The Labute approximate surface area is 180 Å². The molecular formula is C24H24FN3O3. The third-order valence-electron chi connectivity index (χ3n) is 5.51. The van der Waals surface area contributed by atoms with Gasteiger partial charge in [0, 0.05) is 44.2 Å². The summed E-state index contributed by atoms with van der Waals surface area (Å²) < 4.78 is 18.5. The normalized spacial score (nSPS) is 15.8. The van der Waals surface area contributed by atoms with E-state index in [1.54, 1.807) is 23.9 Å². The molecule has 3 aromatic rings. The van der Waals surface area contributed by atoms with E-state index in [2.05, 4.69) is 0 Å². The van der Waals surface area contributed by atoms with Crippen LogP contribution in [0.15, 0.2) is 54.6 Å². The van der Waals surface area contributed by atoms with Gasteiger partial charge in [-0.1, -0.05) is 18.2 Å². The molecule has 1 aliphatic heterocycles. The number of carbonyl (C=O) groups excluding carboxylic acids is 2. The third-order valence-corrected chi connectivity index (χ3v) is 5.51. The van der Waals surface area contributed by atoms with E-state index in [0.717, 1.165) is 23.0 Å². The van der Waals surface area contributed by atoms with Crippen molar-refractivity contribution in [2.45, 2.75) is 12.3 Å². The molecule has 1 saturated heterocycles. The molecule has 0 N–H and O–H groups in total. The summed E-state index contributed by atoms with van der Waals surface area (Å²) in [5, 5.41) is 0.823. The van der Waals surface area contributed by atoms with E-state index in [9.17, 15) is 14.0 Å². The minimum absolute atomic E-state index is 0.0492. The Morgan fingerprint density at radius 1 is 1.16 bits per heavy atom. The van der Waals surface area contributed by atoms with Gasteiger partial charge in [0.1, 0.15) is 11.6 Å². The number of pyridine rings is 1. The van der Waals surface area contributed by atoms with E-state index in [1.807, 2.05) is 30.3 Å². The number of rotatable bonds is 5. The van der Waals surface area contributed by atoms with Gasteiger partial charge < -0.3 is 14.5 Å². The lowest BCUT2D eigenvalue weighted by Gasteiger charge is -2.18. The molecule has 2 amide bonds. The number of para-hydroxylation sites is 1. The highest BCUT2D eigenvalue weighted by atomic mass is 19.1. The van der Waals surface area contributed by atoms with Crippen LogP contribution >= 0.6 is 0 Å². The fraction of sp³-hybridized carbons (Fsp3) is 0.292. The number of ether oxygens (including phenoxy) is 1. The lowest BCUT2D eigenvalue weighted by molar-refractivity contribution is -0.132. The largest absolute Gasteiger partial charge is 0.484 e. The molecule has 2 heterocycles. The number of fused-ring (bicyclic) bond motifs is 1. The first-order valence-electron chi connectivity index (χ1n) is 10.2. The second-order valence-electron chi connectivity index (χ2n) is 7.88. The first-order valence-corrected chi connectivity index (χ1v) is 10.2. The summed E-state index contributed by atoms with van der Waals surface area (Å²) in [7, 11) is 3.46. The fourth-order valence-electron chi connectivity index (χ4n) is 3.82. The molecule has 1 aromatic heterocycles. The summed E-state index contributed by atoms with van der Waals surface area (Å²) in [6.45, 7) is 1.02. The zero-order valence-corrected chi connectivity index (χ0v) is 17.5. The molecule has 1 fully saturated rings. The van der Waals surface area contributed by atoms with Crippen LogP contribution in [0.5, 0.6) is 5.75 Å². The molecule has 0 radical (unpaired) electrons. The summed E-state index contributed by atoms with van der Waals surface area (Å²) in [6.07, 6.45) is 0.767. The summed E-state index contributed by atoms with van der Waals surface area (Å²) >= 11 is 0. The molecule has 0 aliphatic carbocycles. The van der Waals surface area contributed by atoms with Crippen LogP contribution in [0, 0.1) is 5.82 Å². The highest BCUT2D eigenvalue weighted by Crippen LogP contribution is 2.30. The van der Waals surface area contributed by atoms with Gasteiger partial charge in [-0.3, -0.25) is 14.6 Å². The van der Waals surface area contributed by atoms with E-state index >= 15 is 0 Å². The van der Waals surface area contributed by atoms with Gasteiger partial charge in [-0.25, -0.2) is 4.39 Å². The van der Waals surface area contributed by atoms with E-state index in [4.69, 9.17) is 9.72 Å². The highest BCUT2D eigenvalue weighted by Gasteiger charge is 2.29. The number of amides is 2. The van der Waals surface area contributed by atoms with Crippen LogP contribution in [0.1, 0.15) is 28.4 Å². The van der Waals surface area contributed by atoms with Crippen molar-refractivity contribution in [1.29, 1.82) is 0 Å². The Balaban J connectivity index is 1.49. The number of likely N-dealkylation sites (tertiary alicyclic amines) is 1. The topological polar surface area (TPSA) is 62.7 Å². The van der Waals surface area contributed by atoms with Crippen LogP contribution in [-0.4, -0.2) is 60.4 Å². The van der Waals surface area contributed by atoms with Gasteiger partial charge in [0.05, 0.1) is 11.1 Å². The number of hydrogen-bond donors (Lipinski definition) is 0. The summed E-state index contributed by atoms with van der Waals surface area (Å²) in [5.74, 6) is -0.0478. The van der Waals surface area contributed by atoms with Crippen molar-refractivity contribution in [1.82, 2.24) is 14.8 Å². The van der Waals surface area contributed by atoms with E-state index < -0.39 is 0 Å². The smallest absolute Gasteiger partial charge is 0.260 e. The molecule has 31 heavy (non-hydrogen) atoms. The molecule has 2 aromatic carbocycles. The molecule has 4 rings (SSSR count). The van der Waals surface area contributed by atoms with Crippen molar-refractivity contribution in [2.75, 3.05) is 33.8 Å². The average molecular weight is 421 g/mol. The predicted octanol–water partition coefficient (Wildman–Crippen LogP) is 3.47. The Bertz CT molecular complexity index is 1110. The second-order valence-corrected chi connectivity index (χ2v) is 7.88. The van der Waals surface area contributed by atoms with Crippen LogP contribution in [-0.2, 0) is 4.79 Å². The average Bonchev–Trinajstić information content (AvgIpc) is 3.27. The molecule has 0 spiro atoms. The van der Waals surface area contributed by atoms with Crippen LogP contribution in [0.25, 0.3) is 10.9 Å². The first kappa shape index (κ1) is 20.8. The minimum Gasteiger partial charge on any atom is -0.484 e. The summed E-state index contributed by atoms with van der Waals surface area (Å²) in [4.78, 5) is 33.4. The number of carbonyl (C=O) groups is 2. The molecule has 6 nitrogen and oxygen atoms in total. The number of hydrogen-bond acceptors (Lipinski definition) is 4. The Kier molecular flexibility index (Phi) is 5.84. The van der Waals surface area contributed by atoms with Gasteiger partial charge >= 0.3 is 0 Å². The molecule has 160 valence electrons. The second kappa shape index (κ2) is 8.71. The standard InChI is InChI=1S/C24H24FN3O3/c1-27(2)24(30)20-13-22(26-21-6-4-3-5-19(20)21)16-11-12-28(14-16)23(29)15-31-18-9-7-17(25)8-10-18/h3-10,13,16H,11-12,14-15H2,1-2H3/t16-/m0/s1. The van der Waals surface area contributed by atoms with Gasteiger partial charge in [0.25, 0.3) is 11.8 Å². The molecule has 0 saturated carbocycles. The van der Waals surface area contributed by atoms with Gasteiger partial charge in [0.15, 0.2) is 6.61 Å². The van der Waals surface area contributed by atoms with Crippen molar-refractivity contribution in [2.24, 2.45) is 0 Å². The summed E-state index contributed by atoms with van der Waals surface area (Å²) in [6, 6.07) is 15.0. The molecule has 7 heteroatoms. The molecule has 0 bridgehead atoms. The van der Waals surface area contributed by atoms with Gasteiger partial charge in [-0.15, -0.1) is 0 Å². The molecule has 0 unspecified atom stereocenters. The maximum atomic E-state index is 13.0. The van der Waals surface area contributed by atoms with Crippen molar-refractivity contribution in [3.05, 3.63) is 71.7 Å².